The third kappa shape index (κ3) is 7.47. The molecule has 0 bridgehead atoms. The van der Waals surface area contributed by atoms with E-state index in [1.165, 1.54) is 0 Å². The van der Waals surface area contributed by atoms with Crippen molar-refractivity contribution < 1.29 is 14.3 Å². The largest absolute Gasteiger partial charge is 0.370 e. The van der Waals surface area contributed by atoms with Crippen LogP contribution in [0.1, 0.15) is 0 Å². The van der Waals surface area contributed by atoms with Gasteiger partial charge in [-0.25, -0.2) is 0 Å². The molecule has 0 saturated heterocycles. The summed E-state index contributed by atoms with van der Waals surface area (Å²) in [5.41, 5.74) is 15.1. The minimum absolute atomic E-state index is 0.108. The first-order valence-electron chi connectivity index (χ1n) is 4.15. The van der Waals surface area contributed by atoms with E-state index < -0.39 is 17.9 Å². The first kappa shape index (κ1) is 12.8. The highest BCUT2D eigenvalue weighted by Crippen LogP contribution is 1.75. The fraction of sp³-hybridized carbons (Fsp3) is 0.714. The SMILES string of the molecule is NC(=O)COCCNCC(N)C(N)=O. The van der Waals surface area contributed by atoms with Gasteiger partial charge in [-0.15, -0.1) is 0 Å². The maximum Gasteiger partial charge on any atom is 0.243 e. The van der Waals surface area contributed by atoms with E-state index >= 15 is 0 Å². The van der Waals surface area contributed by atoms with E-state index in [1.54, 1.807) is 0 Å². The standard InChI is InChI=1S/C7H16N4O3/c8-5(7(10)13)3-11-1-2-14-4-6(9)12/h5,11H,1-4,8H2,(H2,9,12)(H2,10,13). The molecule has 0 fully saturated rings. The summed E-state index contributed by atoms with van der Waals surface area (Å²) in [6.45, 7) is 0.988. The van der Waals surface area contributed by atoms with Gasteiger partial charge in [-0.05, 0) is 0 Å². The zero-order chi connectivity index (χ0) is 11.0. The minimum atomic E-state index is -0.703. The van der Waals surface area contributed by atoms with Gasteiger partial charge in [0.25, 0.3) is 0 Å². The van der Waals surface area contributed by atoms with Gasteiger partial charge in [0.2, 0.25) is 11.8 Å². The molecule has 7 nitrogen and oxygen atoms in total. The number of carbonyl (C=O) groups excluding carboxylic acids is 2. The summed E-state index contributed by atoms with van der Waals surface area (Å²) in [5, 5.41) is 2.84. The number of rotatable bonds is 8. The second-order valence-corrected chi connectivity index (χ2v) is 2.73. The maximum atomic E-state index is 10.5. The van der Waals surface area contributed by atoms with Crippen LogP contribution in [0.2, 0.25) is 0 Å². The van der Waals surface area contributed by atoms with Gasteiger partial charge in [-0.2, -0.15) is 0 Å². The highest BCUT2D eigenvalue weighted by molar-refractivity contribution is 5.79. The fourth-order valence-electron chi connectivity index (χ4n) is 0.675. The summed E-state index contributed by atoms with van der Waals surface area (Å²) in [4.78, 5) is 20.7. The van der Waals surface area contributed by atoms with Gasteiger partial charge in [0.1, 0.15) is 6.61 Å². The summed E-state index contributed by atoms with van der Waals surface area (Å²) in [6.07, 6.45) is 0. The number of hydrogen-bond donors (Lipinski definition) is 4. The quantitative estimate of drug-likeness (QED) is 0.310. The molecule has 0 spiro atoms. The van der Waals surface area contributed by atoms with Crippen molar-refractivity contribution >= 4 is 11.8 Å². The van der Waals surface area contributed by atoms with Crippen molar-refractivity contribution in [2.24, 2.45) is 17.2 Å². The maximum absolute atomic E-state index is 10.5. The van der Waals surface area contributed by atoms with Crippen LogP contribution >= 0.6 is 0 Å². The monoisotopic (exact) mass is 204 g/mol. The molecule has 0 rings (SSSR count). The smallest absolute Gasteiger partial charge is 0.243 e. The van der Waals surface area contributed by atoms with E-state index in [4.69, 9.17) is 21.9 Å². The molecule has 0 aliphatic heterocycles. The van der Waals surface area contributed by atoms with Crippen LogP contribution in [0.5, 0.6) is 0 Å². The molecule has 0 aromatic carbocycles. The summed E-state index contributed by atoms with van der Waals surface area (Å²) >= 11 is 0. The van der Waals surface area contributed by atoms with Gasteiger partial charge in [0.05, 0.1) is 12.6 Å². The molecule has 1 unspecified atom stereocenters. The van der Waals surface area contributed by atoms with Crippen LogP contribution in [0.15, 0.2) is 0 Å². The molecular formula is C7H16N4O3. The van der Waals surface area contributed by atoms with Crippen molar-refractivity contribution in [3.8, 4) is 0 Å². The van der Waals surface area contributed by atoms with E-state index in [0.29, 0.717) is 13.2 Å². The Morgan fingerprint density at radius 2 is 2.00 bits per heavy atom. The number of carbonyl (C=O) groups is 2. The Hall–Kier alpha value is -1.18. The fourth-order valence-corrected chi connectivity index (χ4v) is 0.675. The Kier molecular flexibility index (Phi) is 6.63. The normalized spacial score (nSPS) is 12.4. The number of nitrogens with two attached hydrogens (primary N) is 3. The first-order valence-corrected chi connectivity index (χ1v) is 4.15. The van der Waals surface area contributed by atoms with Crippen molar-refractivity contribution in [3.05, 3.63) is 0 Å². The molecule has 0 aliphatic rings. The van der Waals surface area contributed by atoms with Crippen molar-refractivity contribution in [2.75, 3.05) is 26.3 Å². The van der Waals surface area contributed by atoms with Crippen molar-refractivity contribution in [2.45, 2.75) is 6.04 Å². The lowest BCUT2D eigenvalue weighted by molar-refractivity contribution is -0.122. The minimum Gasteiger partial charge on any atom is -0.370 e. The third-order valence-corrected chi connectivity index (χ3v) is 1.40. The molecule has 0 heterocycles. The molecule has 1 atom stereocenters. The Morgan fingerprint density at radius 1 is 1.36 bits per heavy atom. The second kappa shape index (κ2) is 7.25. The zero-order valence-electron chi connectivity index (χ0n) is 7.86. The van der Waals surface area contributed by atoms with Crippen molar-refractivity contribution in [3.63, 3.8) is 0 Å². The van der Waals surface area contributed by atoms with Crippen LogP contribution in [0.25, 0.3) is 0 Å². The number of primary amides is 2. The number of amides is 2. The van der Waals surface area contributed by atoms with Gasteiger partial charge in [0, 0.05) is 13.1 Å². The van der Waals surface area contributed by atoms with Gasteiger partial charge in [-0.1, -0.05) is 0 Å². The highest BCUT2D eigenvalue weighted by atomic mass is 16.5. The zero-order valence-corrected chi connectivity index (χ0v) is 7.86. The van der Waals surface area contributed by atoms with Crippen LogP contribution in [0.3, 0.4) is 0 Å². The van der Waals surface area contributed by atoms with Gasteiger partial charge in [-0.3, -0.25) is 9.59 Å². The molecule has 82 valence electrons. The molecule has 0 saturated carbocycles. The predicted octanol–water partition coefficient (Wildman–Crippen LogP) is -3.11. The summed E-state index contributed by atoms with van der Waals surface area (Å²) in [5.74, 6) is -1.07. The Bertz CT molecular complexity index is 197. The van der Waals surface area contributed by atoms with Crippen LogP contribution in [-0.4, -0.2) is 44.2 Å². The Morgan fingerprint density at radius 3 is 2.50 bits per heavy atom. The summed E-state index contributed by atoms with van der Waals surface area (Å²) in [6, 6.07) is -0.703. The summed E-state index contributed by atoms with van der Waals surface area (Å²) in [7, 11) is 0. The van der Waals surface area contributed by atoms with Gasteiger partial charge in [0.15, 0.2) is 0 Å². The van der Waals surface area contributed by atoms with Gasteiger partial charge < -0.3 is 27.3 Å². The number of ether oxygens (including phenoxy) is 1. The first-order chi connectivity index (χ1) is 6.54. The molecule has 7 heteroatoms. The average Bonchev–Trinajstić information content (AvgIpc) is 2.09. The predicted molar refractivity (Wildman–Crippen MR) is 50.1 cm³/mol. The lowest BCUT2D eigenvalue weighted by atomic mass is 10.3. The Balaban J connectivity index is 3.21. The lowest BCUT2D eigenvalue weighted by Crippen LogP contribution is -2.44. The molecule has 0 aliphatic carbocycles. The summed E-state index contributed by atoms with van der Waals surface area (Å²) < 4.78 is 4.84. The van der Waals surface area contributed by atoms with Crippen LogP contribution in [0, 0.1) is 0 Å². The van der Waals surface area contributed by atoms with Crippen LogP contribution < -0.4 is 22.5 Å². The topological polar surface area (TPSA) is 133 Å². The average molecular weight is 204 g/mol. The third-order valence-electron chi connectivity index (χ3n) is 1.40. The molecule has 0 aromatic rings. The molecule has 0 aromatic heterocycles. The molecule has 0 radical (unpaired) electrons. The van der Waals surface area contributed by atoms with Crippen molar-refractivity contribution in [1.82, 2.24) is 5.32 Å². The second-order valence-electron chi connectivity index (χ2n) is 2.73. The highest BCUT2D eigenvalue weighted by Gasteiger charge is 2.07. The van der Waals surface area contributed by atoms with Crippen LogP contribution in [-0.2, 0) is 14.3 Å². The molecular weight excluding hydrogens is 188 g/mol. The van der Waals surface area contributed by atoms with E-state index in [9.17, 15) is 9.59 Å². The van der Waals surface area contributed by atoms with Crippen LogP contribution in [0.4, 0.5) is 0 Å². The number of hydrogen-bond acceptors (Lipinski definition) is 5. The van der Waals surface area contributed by atoms with E-state index in [-0.39, 0.29) is 13.2 Å². The molecule has 14 heavy (non-hydrogen) atoms. The van der Waals surface area contributed by atoms with Gasteiger partial charge >= 0.3 is 0 Å². The Labute approximate surface area is 81.9 Å². The van der Waals surface area contributed by atoms with Crippen molar-refractivity contribution in [1.29, 1.82) is 0 Å². The van der Waals surface area contributed by atoms with E-state index in [1.807, 2.05) is 0 Å². The number of nitrogens with one attached hydrogen (secondary N) is 1. The molecule has 7 N–H and O–H groups in total. The van der Waals surface area contributed by atoms with E-state index in [0.717, 1.165) is 0 Å². The van der Waals surface area contributed by atoms with E-state index in [2.05, 4.69) is 5.32 Å². The lowest BCUT2D eigenvalue weighted by Gasteiger charge is -2.08. The molecule has 2 amide bonds.